The Hall–Kier alpha value is -2.88. The highest BCUT2D eigenvalue weighted by molar-refractivity contribution is 5.76. The van der Waals surface area contributed by atoms with E-state index in [1.807, 2.05) is 0 Å². The normalized spacial score (nSPS) is 15.6. The van der Waals surface area contributed by atoms with E-state index < -0.39 is 11.7 Å². The molecule has 7 nitrogen and oxygen atoms in total. The minimum atomic E-state index is -4.39. The summed E-state index contributed by atoms with van der Waals surface area (Å²) >= 11 is 0. The van der Waals surface area contributed by atoms with E-state index in [0.717, 1.165) is 50.9 Å². The summed E-state index contributed by atoms with van der Waals surface area (Å²) in [6, 6.07) is 4.51. The third-order valence-corrected chi connectivity index (χ3v) is 6.30. The van der Waals surface area contributed by atoms with Crippen molar-refractivity contribution in [2.24, 2.45) is 5.73 Å². The van der Waals surface area contributed by atoms with Crippen molar-refractivity contribution in [3.8, 4) is 11.3 Å². The van der Waals surface area contributed by atoms with Gasteiger partial charge in [0.25, 0.3) is 0 Å². The molecular weight excluding hydrogens is 459 g/mol. The molecule has 1 aliphatic heterocycles. The maximum Gasteiger partial charge on any atom is 0.416 e. The Kier molecular flexibility index (Phi) is 9.71. The molecule has 2 heterocycles. The number of carbonyl (C=O) groups is 2. The summed E-state index contributed by atoms with van der Waals surface area (Å²) in [5.74, 6) is 0.158. The van der Waals surface area contributed by atoms with Gasteiger partial charge in [-0.2, -0.15) is 13.2 Å². The van der Waals surface area contributed by atoms with Gasteiger partial charge in [0.05, 0.1) is 23.5 Å². The molecule has 2 amide bonds. The van der Waals surface area contributed by atoms with Crippen LogP contribution in [0, 0.1) is 0 Å². The molecule has 0 unspecified atom stereocenters. The first-order chi connectivity index (χ1) is 16.7. The molecule has 0 aliphatic carbocycles. The molecule has 0 radical (unpaired) electrons. The van der Waals surface area contributed by atoms with Gasteiger partial charge in [-0.25, -0.2) is 4.98 Å². The van der Waals surface area contributed by atoms with Gasteiger partial charge in [0.2, 0.25) is 11.8 Å². The van der Waals surface area contributed by atoms with Gasteiger partial charge < -0.3 is 20.9 Å². The molecule has 1 saturated heterocycles. The highest BCUT2D eigenvalue weighted by atomic mass is 19.4. The number of hydrogen-bond acceptors (Lipinski definition) is 4. The standard InChI is InChI=1S/C25H34F3N5O2/c26-25(27,28)19-11-9-18(10-12-19)21-17-30-24(32-21)20(7-3-1-4-8-22(29)34)31-23(35)13-16-33-14-5-2-6-15-33/h9-12,17,20H,1-8,13-16H2,(H2,29,34)(H,30,32)(H,31,35)/t20-/m0/s1. The predicted octanol–water partition coefficient (Wildman–Crippen LogP) is 4.56. The second-order valence-electron chi connectivity index (χ2n) is 9.10. The summed E-state index contributed by atoms with van der Waals surface area (Å²) in [6.07, 6.45) is 4.30. The minimum Gasteiger partial charge on any atom is -0.370 e. The molecule has 1 atom stereocenters. The number of nitrogens with zero attached hydrogens (tertiary/aromatic N) is 2. The topological polar surface area (TPSA) is 104 Å². The number of rotatable bonds is 12. The molecule has 0 spiro atoms. The maximum absolute atomic E-state index is 12.9. The quantitative estimate of drug-likeness (QED) is 0.377. The number of piperidine rings is 1. The SMILES string of the molecule is NC(=O)CCCCC[C@H](NC(=O)CCN1CCCCC1)c1ncc(-c2ccc(C(F)(F)F)cc2)[nH]1. The lowest BCUT2D eigenvalue weighted by Gasteiger charge is -2.26. The van der Waals surface area contributed by atoms with E-state index in [-0.39, 0.29) is 17.9 Å². The van der Waals surface area contributed by atoms with Crippen LogP contribution in [-0.4, -0.2) is 46.3 Å². The molecule has 3 rings (SSSR count). The van der Waals surface area contributed by atoms with Crippen LogP contribution in [0.25, 0.3) is 11.3 Å². The van der Waals surface area contributed by atoms with E-state index in [1.54, 1.807) is 6.20 Å². The largest absolute Gasteiger partial charge is 0.416 e. The number of alkyl halides is 3. The van der Waals surface area contributed by atoms with Crippen molar-refractivity contribution in [1.82, 2.24) is 20.2 Å². The van der Waals surface area contributed by atoms with E-state index in [9.17, 15) is 22.8 Å². The fourth-order valence-corrected chi connectivity index (χ4v) is 4.31. The van der Waals surface area contributed by atoms with Crippen LogP contribution in [0.3, 0.4) is 0 Å². The van der Waals surface area contributed by atoms with E-state index in [0.29, 0.717) is 49.3 Å². The average molecular weight is 494 g/mol. The summed E-state index contributed by atoms with van der Waals surface area (Å²) < 4.78 is 38.6. The van der Waals surface area contributed by atoms with E-state index in [1.165, 1.54) is 18.6 Å². The van der Waals surface area contributed by atoms with Crippen LogP contribution in [0.5, 0.6) is 0 Å². The summed E-state index contributed by atoms with van der Waals surface area (Å²) in [5.41, 5.74) is 5.64. The number of amides is 2. The van der Waals surface area contributed by atoms with Crippen molar-refractivity contribution in [3.05, 3.63) is 41.9 Å². The number of likely N-dealkylation sites (tertiary alicyclic amines) is 1. The fourth-order valence-electron chi connectivity index (χ4n) is 4.31. The first kappa shape index (κ1) is 26.7. The zero-order valence-corrected chi connectivity index (χ0v) is 19.9. The number of hydrogen-bond donors (Lipinski definition) is 3. The Morgan fingerprint density at radius 3 is 2.43 bits per heavy atom. The molecule has 35 heavy (non-hydrogen) atoms. The molecular formula is C25H34F3N5O2. The Morgan fingerprint density at radius 1 is 1.06 bits per heavy atom. The van der Waals surface area contributed by atoms with Crippen LogP contribution in [0.15, 0.2) is 30.5 Å². The number of aromatic amines is 1. The van der Waals surface area contributed by atoms with Crippen LogP contribution in [-0.2, 0) is 15.8 Å². The molecule has 0 saturated carbocycles. The maximum atomic E-state index is 12.9. The predicted molar refractivity (Wildman–Crippen MR) is 127 cm³/mol. The number of primary amides is 1. The summed E-state index contributed by atoms with van der Waals surface area (Å²) in [5, 5.41) is 3.07. The number of carbonyl (C=O) groups excluding carboxylic acids is 2. The van der Waals surface area contributed by atoms with Crippen LogP contribution >= 0.6 is 0 Å². The second kappa shape index (κ2) is 12.7. The monoisotopic (exact) mass is 493 g/mol. The number of imidazole rings is 1. The number of halogens is 3. The van der Waals surface area contributed by atoms with E-state index >= 15 is 0 Å². The van der Waals surface area contributed by atoms with E-state index in [2.05, 4.69) is 20.2 Å². The Balaban J connectivity index is 1.63. The van der Waals surface area contributed by atoms with Gasteiger partial charge in [-0.15, -0.1) is 0 Å². The fraction of sp³-hybridized carbons (Fsp3) is 0.560. The highest BCUT2D eigenvalue weighted by Crippen LogP contribution is 2.31. The van der Waals surface area contributed by atoms with Gasteiger partial charge >= 0.3 is 6.18 Å². The summed E-state index contributed by atoms with van der Waals surface area (Å²) in [4.78, 5) is 33.6. The highest BCUT2D eigenvalue weighted by Gasteiger charge is 2.30. The van der Waals surface area contributed by atoms with Crippen molar-refractivity contribution in [2.45, 2.75) is 70.0 Å². The van der Waals surface area contributed by atoms with Crippen molar-refractivity contribution in [2.75, 3.05) is 19.6 Å². The smallest absolute Gasteiger partial charge is 0.370 e. The van der Waals surface area contributed by atoms with Crippen molar-refractivity contribution < 1.29 is 22.8 Å². The summed E-state index contributed by atoms with van der Waals surface area (Å²) in [7, 11) is 0. The van der Waals surface area contributed by atoms with Gasteiger partial charge in [-0.1, -0.05) is 31.4 Å². The van der Waals surface area contributed by atoms with E-state index in [4.69, 9.17) is 5.73 Å². The number of nitrogens with one attached hydrogen (secondary N) is 2. The molecule has 4 N–H and O–H groups in total. The zero-order chi connectivity index (χ0) is 25.3. The lowest BCUT2D eigenvalue weighted by atomic mass is 10.1. The Labute approximate surface area is 203 Å². The van der Waals surface area contributed by atoms with Crippen molar-refractivity contribution in [1.29, 1.82) is 0 Å². The molecule has 10 heteroatoms. The second-order valence-corrected chi connectivity index (χ2v) is 9.10. The minimum absolute atomic E-state index is 0.0646. The third-order valence-electron chi connectivity index (χ3n) is 6.30. The zero-order valence-electron chi connectivity index (χ0n) is 19.9. The number of benzene rings is 1. The average Bonchev–Trinajstić information content (AvgIpc) is 3.32. The lowest BCUT2D eigenvalue weighted by molar-refractivity contribution is -0.137. The Bertz CT molecular complexity index is 953. The van der Waals surface area contributed by atoms with Gasteiger partial charge in [0.15, 0.2) is 0 Å². The van der Waals surface area contributed by atoms with Gasteiger partial charge in [-0.3, -0.25) is 9.59 Å². The molecule has 1 aromatic carbocycles. The van der Waals surface area contributed by atoms with Gasteiger partial charge in [0.1, 0.15) is 5.82 Å². The first-order valence-corrected chi connectivity index (χ1v) is 12.2. The summed E-state index contributed by atoms with van der Waals surface area (Å²) in [6.45, 7) is 2.75. The van der Waals surface area contributed by atoms with Crippen molar-refractivity contribution >= 4 is 11.8 Å². The number of unbranched alkanes of at least 4 members (excludes halogenated alkanes) is 2. The molecule has 1 aromatic heterocycles. The van der Waals surface area contributed by atoms with Crippen LogP contribution in [0.4, 0.5) is 13.2 Å². The first-order valence-electron chi connectivity index (χ1n) is 12.2. The Morgan fingerprint density at radius 2 is 1.77 bits per heavy atom. The van der Waals surface area contributed by atoms with Crippen molar-refractivity contribution in [3.63, 3.8) is 0 Å². The third kappa shape index (κ3) is 8.69. The van der Waals surface area contributed by atoms with Crippen LogP contribution in [0.2, 0.25) is 0 Å². The number of H-pyrrole nitrogens is 1. The molecule has 1 aliphatic rings. The van der Waals surface area contributed by atoms with Gasteiger partial charge in [-0.05, 0) is 56.5 Å². The molecule has 192 valence electrons. The lowest BCUT2D eigenvalue weighted by Crippen LogP contribution is -2.35. The molecule has 2 aromatic rings. The van der Waals surface area contributed by atoms with Gasteiger partial charge in [0, 0.05) is 19.4 Å². The number of aromatic nitrogens is 2. The molecule has 1 fully saturated rings. The van der Waals surface area contributed by atoms with Crippen LogP contribution < -0.4 is 11.1 Å². The number of nitrogens with two attached hydrogens (primary N) is 1. The molecule has 0 bridgehead atoms. The van der Waals surface area contributed by atoms with Crippen LogP contribution in [0.1, 0.15) is 75.2 Å².